The molecule has 1 aliphatic heterocycles. The molecule has 1 aromatic heterocycles. The SMILES string of the molecule is CC[C@@H]1CN(C(C)=O)CC[C@H]1N[C@H](C)C(=O)NCc1cccs1. The van der Waals surface area contributed by atoms with Gasteiger partial charge < -0.3 is 15.5 Å². The molecule has 0 radical (unpaired) electrons. The second-order valence-electron chi connectivity index (χ2n) is 6.21. The third-order valence-corrected chi connectivity index (χ3v) is 5.45. The van der Waals surface area contributed by atoms with Gasteiger partial charge in [0.05, 0.1) is 12.6 Å². The average molecular weight is 337 g/mol. The molecule has 0 unspecified atom stereocenters. The minimum Gasteiger partial charge on any atom is -0.350 e. The maximum absolute atomic E-state index is 12.2. The van der Waals surface area contributed by atoms with Crippen LogP contribution in [0.25, 0.3) is 0 Å². The van der Waals surface area contributed by atoms with Crippen molar-refractivity contribution >= 4 is 23.2 Å². The van der Waals surface area contributed by atoms with E-state index in [0.29, 0.717) is 12.5 Å². The highest BCUT2D eigenvalue weighted by molar-refractivity contribution is 7.09. The number of amides is 2. The van der Waals surface area contributed by atoms with E-state index in [9.17, 15) is 9.59 Å². The maximum Gasteiger partial charge on any atom is 0.237 e. The third-order valence-electron chi connectivity index (χ3n) is 4.58. The normalized spacial score (nSPS) is 22.7. The first-order valence-corrected chi connectivity index (χ1v) is 9.20. The van der Waals surface area contributed by atoms with Gasteiger partial charge in [-0.2, -0.15) is 0 Å². The Bertz CT molecular complexity index is 518. The van der Waals surface area contributed by atoms with Crippen LogP contribution in [0.5, 0.6) is 0 Å². The van der Waals surface area contributed by atoms with E-state index < -0.39 is 0 Å². The predicted molar refractivity (Wildman–Crippen MR) is 93.2 cm³/mol. The van der Waals surface area contributed by atoms with Gasteiger partial charge in [0.15, 0.2) is 0 Å². The van der Waals surface area contributed by atoms with Crippen LogP contribution in [0.3, 0.4) is 0 Å². The molecule has 0 saturated carbocycles. The highest BCUT2D eigenvalue weighted by atomic mass is 32.1. The van der Waals surface area contributed by atoms with Crippen molar-refractivity contribution in [3.63, 3.8) is 0 Å². The van der Waals surface area contributed by atoms with Crippen LogP contribution >= 0.6 is 11.3 Å². The van der Waals surface area contributed by atoms with Gasteiger partial charge in [-0.25, -0.2) is 0 Å². The van der Waals surface area contributed by atoms with E-state index in [0.717, 1.165) is 30.8 Å². The van der Waals surface area contributed by atoms with Gasteiger partial charge in [-0.3, -0.25) is 9.59 Å². The number of carbonyl (C=O) groups excluding carboxylic acids is 2. The first-order valence-electron chi connectivity index (χ1n) is 8.33. The van der Waals surface area contributed by atoms with Crippen LogP contribution in [0.15, 0.2) is 17.5 Å². The Kier molecular flexibility index (Phi) is 6.59. The van der Waals surface area contributed by atoms with Crippen LogP contribution in [0, 0.1) is 5.92 Å². The van der Waals surface area contributed by atoms with Gasteiger partial charge in [-0.05, 0) is 30.7 Å². The number of likely N-dealkylation sites (tertiary alicyclic amines) is 1. The minimum absolute atomic E-state index is 0.0299. The summed E-state index contributed by atoms with van der Waals surface area (Å²) < 4.78 is 0. The van der Waals surface area contributed by atoms with E-state index >= 15 is 0 Å². The number of hydrogen-bond acceptors (Lipinski definition) is 4. The molecule has 1 saturated heterocycles. The highest BCUT2D eigenvalue weighted by Crippen LogP contribution is 2.21. The average Bonchev–Trinajstić information content (AvgIpc) is 3.06. The Morgan fingerprint density at radius 2 is 2.26 bits per heavy atom. The zero-order valence-electron chi connectivity index (χ0n) is 14.2. The first-order chi connectivity index (χ1) is 11.0. The van der Waals surface area contributed by atoms with Gasteiger partial charge in [-0.1, -0.05) is 19.4 Å². The Morgan fingerprint density at radius 3 is 2.87 bits per heavy atom. The fourth-order valence-electron chi connectivity index (χ4n) is 3.09. The molecule has 128 valence electrons. The van der Waals surface area contributed by atoms with Gasteiger partial charge in [0.25, 0.3) is 0 Å². The van der Waals surface area contributed by atoms with Crippen LogP contribution in [-0.2, 0) is 16.1 Å². The molecular formula is C17H27N3O2S. The zero-order valence-corrected chi connectivity index (χ0v) is 15.0. The van der Waals surface area contributed by atoms with Crippen molar-refractivity contribution in [3.05, 3.63) is 22.4 Å². The molecule has 0 aliphatic carbocycles. The van der Waals surface area contributed by atoms with Crippen molar-refractivity contribution in [2.24, 2.45) is 5.92 Å². The lowest BCUT2D eigenvalue weighted by Gasteiger charge is -2.39. The molecule has 2 rings (SSSR count). The van der Waals surface area contributed by atoms with Crippen molar-refractivity contribution < 1.29 is 9.59 Å². The molecule has 0 aromatic carbocycles. The molecule has 2 heterocycles. The van der Waals surface area contributed by atoms with Gasteiger partial charge >= 0.3 is 0 Å². The number of thiophene rings is 1. The van der Waals surface area contributed by atoms with Crippen molar-refractivity contribution in [1.29, 1.82) is 0 Å². The maximum atomic E-state index is 12.2. The second kappa shape index (κ2) is 8.45. The molecule has 2 amide bonds. The van der Waals surface area contributed by atoms with Crippen molar-refractivity contribution in [2.75, 3.05) is 13.1 Å². The smallest absolute Gasteiger partial charge is 0.237 e. The predicted octanol–water partition coefficient (Wildman–Crippen LogP) is 1.99. The Labute approximate surface area is 142 Å². The van der Waals surface area contributed by atoms with Crippen molar-refractivity contribution in [1.82, 2.24) is 15.5 Å². The Morgan fingerprint density at radius 1 is 1.48 bits per heavy atom. The molecule has 2 N–H and O–H groups in total. The monoisotopic (exact) mass is 337 g/mol. The van der Waals surface area contributed by atoms with Crippen molar-refractivity contribution in [2.45, 2.75) is 52.2 Å². The van der Waals surface area contributed by atoms with Gasteiger partial charge in [0, 0.05) is 30.9 Å². The summed E-state index contributed by atoms with van der Waals surface area (Å²) in [5.41, 5.74) is 0. The lowest BCUT2D eigenvalue weighted by Crippen LogP contribution is -2.55. The molecule has 1 aliphatic rings. The quantitative estimate of drug-likeness (QED) is 0.834. The number of rotatable bonds is 6. The van der Waals surface area contributed by atoms with E-state index in [1.54, 1.807) is 18.3 Å². The molecule has 1 fully saturated rings. The molecule has 0 bridgehead atoms. The zero-order chi connectivity index (χ0) is 16.8. The standard InChI is InChI=1S/C17H27N3O2S/c1-4-14-11-20(13(3)21)8-7-16(14)19-12(2)17(22)18-10-15-6-5-9-23-15/h5-6,9,12,14,16,19H,4,7-8,10-11H2,1-3H3,(H,18,22)/t12-,14-,16-/m1/s1. The summed E-state index contributed by atoms with van der Waals surface area (Å²) in [6.45, 7) is 7.82. The number of nitrogens with one attached hydrogen (secondary N) is 2. The molecule has 6 heteroatoms. The molecule has 3 atom stereocenters. The van der Waals surface area contributed by atoms with Crippen LogP contribution in [0.4, 0.5) is 0 Å². The van der Waals surface area contributed by atoms with E-state index in [-0.39, 0.29) is 23.9 Å². The summed E-state index contributed by atoms with van der Waals surface area (Å²) >= 11 is 1.65. The Hall–Kier alpha value is -1.40. The van der Waals surface area contributed by atoms with Crippen LogP contribution in [0.2, 0.25) is 0 Å². The number of carbonyl (C=O) groups is 2. The molecule has 23 heavy (non-hydrogen) atoms. The summed E-state index contributed by atoms with van der Waals surface area (Å²) in [6, 6.07) is 4.08. The van der Waals surface area contributed by atoms with Crippen LogP contribution in [0.1, 0.15) is 38.5 Å². The second-order valence-corrected chi connectivity index (χ2v) is 7.25. The number of hydrogen-bond donors (Lipinski definition) is 2. The molecular weight excluding hydrogens is 310 g/mol. The number of nitrogens with zero attached hydrogens (tertiary/aromatic N) is 1. The van der Waals surface area contributed by atoms with Crippen LogP contribution < -0.4 is 10.6 Å². The van der Waals surface area contributed by atoms with Crippen molar-refractivity contribution in [3.8, 4) is 0 Å². The van der Waals surface area contributed by atoms with Gasteiger partial charge in [0.2, 0.25) is 11.8 Å². The van der Waals surface area contributed by atoms with E-state index in [4.69, 9.17) is 0 Å². The first kappa shape index (κ1) is 17.9. The highest BCUT2D eigenvalue weighted by Gasteiger charge is 2.30. The summed E-state index contributed by atoms with van der Waals surface area (Å²) in [5.74, 6) is 0.575. The molecule has 5 nitrogen and oxygen atoms in total. The summed E-state index contributed by atoms with van der Waals surface area (Å²) in [4.78, 5) is 26.9. The Balaban J connectivity index is 1.82. The molecule has 0 spiro atoms. The van der Waals surface area contributed by atoms with E-state index in [1.807, 2.05) is 29.3 Å². The number of piperidine rings is 1. The van der Waals surface area contributed by atoms with E-state index in [2.05, 4.69) is 17.6 Å². The minimum atomic E-state index is -0.224. The third kappa shape index (κ3) is 5.04. The lowest BCUT2D eigenvalue weighted by molar-refractivity contribution is -0.131. The molecule has 1 aromatic rings. The summed E-state index contributed by atoms with van der Waals surface area (Å²) in [5, 5.41) is 8.45. The van der Waals surface area contributed by atoms with Gasteiger partial charge in [-0.15, -0.1) is 11.3 Å². The van der Waals surface area contributed by atoms with E-state index in [1.165, 1.54) is 0 Å². The summed E-state index contributed by atoms with van der Waals surface area (Å²) in [6.07, 6.45) is 1.91. The van der Waals surface area contributed by atoms with Gasteiger partial charge in [0.1, 0.15) is 0 Å². The fraction of sp³-hybridized carbons (Fsp3) is 0.647. The van der Waals surface area contributed by atoms with Crippen LogP contribution in [-0.4, -0.2) is 41.9 Å². The summed E-state index contributed by atoms with van der Waals surface area (Å²) in [7, 11) is 0. The lowest BCUT2D eigenvalue weighted by atomic mass is 9.89. The largest absolute Gasteiger partial charge is 0.350 e. The fourth-order valence-corrected chi connectivity index (χ4v) is 3.73. The topological polar surface area (TPSA) is 61.4 Å².